The molecule has 1 aromatic rings. The summed E-state index contributed by atoms with van der Waals surface area (Å²) < 4.78 is 25.4. The van der Waals surface area contributed by atoms with Gasteiger partial charge in [-0.15, -0.1) is 0 Å². The second kappa shape index (κ2) is 3.29. The van der Waals surface area contributed by atoms with E-state index in [9.17, 15) is 13.6 Å². The van der Waals surface area contributed by atoms with Crippen LogP contribution in [0.1, 0.15) is 0 Å². The second-order valence-corrected chi connectivity index (χ2v) is 2.16. The molecule has 0 aliphatic carbocycles. The molecule has 0 radical (unpaired) electrons. The number of amides is 1. The molecule has 1 amide bonds. The van der Waals surface area contributed by atoms with Crippen LogP contribution in [0, 0.1) is 0 Å². The van der Waals surface area contributed by atoms with Crippen molar-refractivity contribution in [2.45, 2.75) is 6.55 Å². The van der Waals surface area contributed by atoms with E-state index in [1.54, 1.807) is 7.05 Å². The van der Waals surface area contributed by atoms with Crippen molar-refractivity contribution in [1.29, 1.82) is 0 Å². The van der Waals surface area contributed by atoms with E-state index < -0.39 is 6.55 Å². The zero-order chi connectivity index (χ0) is 9.14. The van der Waals surface area contributed by atoms with Crippen molar-refractivity contribution in [1.82, 2.24) is 9.78 Å². The number of hydrogen-bond acceptors (Lipinski definition) is 2. The fourth-order valence-corrected chi connectivity index (χ4v) is 0.761. The number of carbonyl (C=O) groups is 1. The molecule has 6 heteroatoms. The number of alkyl halides is 2. The van der Waals surface area contributed by atoms with Crippen LogP contribution in [0.5, 0.6) is 0 Å². The summed E-state index contributed by atoms with van der Waals surface area (Å²) in [5.41, 5.74) is 0.0856. The van der Waals surface area contributed by atoms with E-state index in [1.165, 1.54) is 17.1 Å². The Labute approximate surface area is 67.4 Å². The van der Waals surface area contributed by atoms with Crippen molar-refractivity contribution in [3.8, 4) is 0 Å². The van der Waals surface area contributed by atoms with Crippen molar-refractivity contribution < 1.29 is 13.6 Å². The predicted octanol–water partition coefficient (Wildman–Crippen LogP) is 0.605. The molecule has 0 unspecified atom stereocenters. The Morgan fingerprint density at radius 1 is 1.75 bits per heavy atom. The predicted molar refractivity (Wildman–Crippen MR) is 37.8 cm³/mol. The molecule has 4 nitrogen and oxygen atoms in total. The summed E-state index contributed by atoms with van der Waals surface area (Å²) in [6, 6.07) is 0. The monoisotopic (exact) mass is 175 g/mol. The minimum atomic E-state index is -2.83. The van der Waals surface area contributed by atoms with Crippen molar-refractivity contribution in [2.75, 3.05) is 4.90 Å². The molecule has 1 rings (SSSR count). The average Bonchev–Trinajstić information content (AvgIpc) is 2.37. The molecule has 0 aliphatic rings. The van der Waals surface area contributed by atoms with Gasteiger partial charge in [0.25, 0.3) is 0 Å². The molecular weight excluding hydrogens is 168 g/mol. The highest BCUT2D eigenvalue weighted by molar-refractivity contribution is 5.74. The topological polar surface area (TPSA) is 38.1 Å². The molecule has 0 fully saturated rings. The fourth-order valence-electron chi connectivity index (χ4n) is 0.761. The van der Waals surface area contributed by atoms with Crippen LogP contribution >= 0.6 is 0 Å². The van der Waals surface area contributed by atoms with Gasteiger partial charge in [-0.2, -0.15) is 13.9 Å². The molecule has 0 spiro atoms. The molecule has 12 heavy (non-hydrogen) atoms. The van der Waals surface area contributed by atoms with E-state index >= 15 is 0 Å². The Hall–Kier alpha value is -1.46. The summed E-state index contributed by atoms with van der Waals surface area (Å²) in [7, 11) is 1.58. The van der Waals surface area contributed by atoms with Gasteiger partial charge >= 0.3 is 6.55 Å². The number of rotatable bonds is 3. The Kier molecular flexibility index (Phi) is 2.37. The van der Waals surface area contributed by atoms with E-state index in [-0.39, 0.29) is 12.1 Å². The molecule has 0 N–H and O–H groups in total. The molecule has 0 saturated heterocycles. The lowest BCUT2D eigenvalue weighted by atomic mass is 10.5. The van der Waals surface area contributed by atoms with E-state index in [1.807, 2.05) is 0 Å². The largest absolute Gasteiger partial charge is 0.321 e. The molecular formula is C6H7F2N3O. The van der Waals surface area contributed by atoms with Crippen LogP contribution in [-0.4, -0.2) is 22.7 Å². The summed E-state index contributed by atoms with van der Waals surface area (Å²) in [5, 5.41) is 3.65. The minimum absolute atomic E-state index is 0.0711. The molecule has 0 aliphatic heterocycles. The lowest BCUT2D eigenvalue weighted by Gasteiger charge is -2.12. The van der Waals surface area contributed by atoms with Crippen LogP contribution in [0.4, 0.5) is 14.5 Å². The van der Waals surface area contributed by atoms with E-state index in [0.717, 1.165) is 0 Å². The first-order chi connectivity index (χ1) is 5.65. The summed E-state index contributed by atoms with van der Waals surface area (Å²) in [6.07, 6.45) is 2.60. The van der Waals surface area contributed by atoms with Crippen LogP contribution in [0.2, 0.25) is 0 Å². The number of aromatic nitrogens is 2. The highest BCUT2D eigenvalue weighted by atomic mass is 19.3. The molecule has 66 valence electrons. The maximum Gasteiger partial charge on any atom is 0.321 e. The van der Waals surface area contributed by atoms with Crippen molar-refractivity contribution >= 4 is 12.1 Å². The van der Waals surface area contributed by atoms with Crippen molar-refractivity contribution in [2.24, 2.45) is 7.05 Å². The maximum absolute atomic E-state index is 12.1. The van der Waals surface area contributed by atoms with Gasteiger partial charge in [-0.3, -0.25) is 14.4 Å². The smallest absolute Gasteiger partial charge is 0.278 e. The SMILES string of the molecule is Cn1cc(N(C=O)C(F)F)cn1. The third-order valence-electron chi connectivity index (χ3n) is 1.31. The number of aryl methyl sites for hydroxylation is 1. The molecule has 0 bridgehead atoms. The number of nitrogens with zero attached hydrogens (tertiary/aromatic N) is 3. The zero-order valence-electron chi connectivity index (χ0n) is 6.32. The fraction of sp³-hybridized carbons (Fsp3) is 0.333. The maximum atomic E-state index is 12.1. The second-order valence-electron chi connectivity index (χ2n) is 2.16. The summed E-state index contributed by atoms with van der Waals surface area (Å²) in [4.78, 5) is 10.5. The standard InChI is InChI=1S/C6H7F2N3O/c1-10-3-5(2-9-10)11(4-12)6(7)8/h2-4,6H,1H3. The van der Waals surface area contributed by atoms with Crippen molar-refractivity contribution in [3.05, 3.63) is 12.4 Å². The van der Waals surface area contributed by atoms with E-state index in [2.05, 4.69) is 5.10 Å². The lowest BCUT2D eigenvalue weighted by Crippen LogP contribution is -2.26. The Morgan fingerprint density at radius 2 is 2.42 bits per heavy atom. The van der Waals surface area contributed by atoms with Crippen LogP contribution in [0.3, 0.4) is 0 Å². The van der Waals surface area contributed by atoms with Gasteiger partial charge in [0.2, 0.25) is 6.41 Å². The summed E-state index contributed by atoms with van der Waals surface area (Å²) >= 11 is 0. The number of anilines is 1. The van der Waals surface area contributed by atoms with Crippen molar-refractivity contribution in [3.63, 3.8) is 0 Å². The molecule has 1 heterocycles. The Balaban J connectivity index is 2.87. The molecule has 0 saturated carbocycles. The average molecular weight is 175 g/mol. The first kappa shape index (κ1) is 8.63. The Bertz CT molecular complexity index is 274. The number of carbonyl (C=O) groups excluding carboxylic acids is 1. The quantitative estimate of drug-likeness (QED) is 0.498. The number of halogens is 2. The minimum Gasteiger partial charge on any atom is -0.278 e. The van der Waals surface area contributed by atoms with Crippen LogP contribution in [0.15, 0.2) is 12.4 Å². The van der Waals surface area contributed by atoms with E-state index in [4.69, 9.17) is 0 Å². The first-order valence-corrected chi connectivity index (χ1v) is 3.15. The lowest BCUT2D eigenvalue weighted by molar-refractivity contribution is -0.109. The molecule has 0 aromatic carbocycles. The van der Waals surface area contributed by atoms with Crippen LogP contribution in [-0.2, 0) is 11.8 Å². The van der Waals surface area contributed by atoms with Gasteiger partial charge in [0.1, 0.15) is 0 Å². The zero-order valence-corrected chi connectivity index (χ0v) is 6.32. The van der Waals surface area contributed by atoms with Gasteiger partial charge in [0.05, 0.1) is 11.9 Å². The van der Waals surface area contributed by atoms with Gasteiger partial charge in [0, 0.05) is 13.2 Å². The summed E-state index contributed by atoms with van der Waals surface area (Å²) in [5.74, 6) is 0. The van der Waals surface area contributed by atoms with Gasteiger partial charge < -0.3 is 0 Å². The van der Waals surface area contributed by atoms with E-state index in [0.29, 0.717) is 4.90 Å². The van der Waals surface area contributed by atoms with Crippen LogP contribution in [0.25, 0.3) is 0 Å². The highest BCUT2D eigenvalue weighted by Gasteiger charge is 2.16. The third-order valence-corrected chi connectivity index (χ3v) is 1.31. The van der Waals surface area contributed by atoms with Gasteiger partial charge in [-0.25, -0.2) is 0 Å². The van der Waals surface area contributed by atoms with Gasteiger partial charge in [0.15, 0.2) is 0 Å². The highest BCUT2D eigenvalue weighted by Crippen LogP contribution is 2.14. The molecule has 1 aromatic heterocycles. The van der Waals surface area contributed by atoms with Gasteiger partial charge in [-0.1, -0.05) is 0 Å². The Morgan fingerprint density at radius 3 is 2.75 bits per heavy atom. The normalized spacial score (nSPS) is 10.3. The first-order valence-electron chi connectivity index (χ1n) is 3.15. The number of hydrogen-bond donors (Lipinski definition) is 0. The van der Waals surface area contributed by atoms with Crippen LogP contribution < -0.4 is 4.90 Å². The van der Waals surface area contributed by atoms with Gasteiger partial charge in [-0.05, 0) is 0 Å². The summed E-state index contributed by atoms with van der Waals surface area (Å²) in [6.45, 7) is -2.83. The molecule has 0 atom stereocenters. The third kappa shape index (κ3) is 1.58.